The molecule has 2 aromatic carbocycles. The molecule has 1 saturated heterocycles. The largest absolute Gasteiger partial charge is 0.508 e. The third kappa shape index (κ3) is 8.26. The van der Waals surface area contributed by atoms with Crippen LogP contribution < -0.4 is 27.5 Å². The van der Waals surface area contributed by atoms with Crippen molar-refractivity contribution < 1.29 is 43.8 Å². The van der Waals surface area contributed by atoms with Crippen molar-refractivity contribution >= 4 is 81.5 Å². The van der Waals surface area contributed by atoms with Crippen molar-refractivity contribution in [3.8, 4) is 5.75 Å². The predicted octanol–water partition coefficient (Wildman–Crippen LogP) is -0.451. The number of nitrogens with one attached hydrogen (secondary N) is 3. The number of amides is 6. The molecule has 2 aliphatic heterocycles. The van der Waals surface area contributed by atoms with E-state index < -0.39 is 75.9 Å². The molecule has 302 valence electrons. The van der Waals surface area contributed by atoms with Gasteiger partial charge in [-0.05, 0) is 58.3 Å². The molecule has 4 atom stereocenters. The second kappa shape index (κ2) is 16.9. The Morgan fingerprint density at radius 2 is 1.84 bits per heavy atom. The number of pyridine rings is 1. The van der Waals surface area contributed by atoms with Crippen LogP contribution in [0.5, 0.6) is 5.75 Å². The van der Waals surface area contributed by atoms with Crippen LogP contribution in [0.3, 0.4) is 0 Å². The van der Waals surface area contributed by atoms with Crippen molar-refractivity contribution in [2.24, 2.45) is 18.5 Å². The molecular weight excluding hydrogens is 799 g/mol. The number of fused-ring (bicyclic) bond motifs is 2. The average Bonchev–Trinajstić information content (AvgIpc) is 3.60. The number of thioether (sulfide) groups is 2. The lowest BCUT2D eigenvalue weighted by molar-refractivity contribution is -0.157. The number of phenolic OH excluding ortho intramolecular Hbond substituents is 1. The zero-order chi connectivity index (χ0) is 42.0. The van der Waals surface area contributed by atoms with Crippen LogP contribution in [0, 0.1) is 0 Å². The SMILES string of the molecule is CC(=O)NC(CCC(N)=O)C(=O)Nc1ccc2c(=O)c(C(=O)N(C(=O)C(N)c3ccc(O)cc3)C3C(=O)N4C(C(=O)O)=C(CSc5nnnn5C)CS[C@@H]34)c[nH]c2c1. The molecule has 6 amide bonds. The lowest BCUT2D eigenvalue weighted by Gasteiger charge is -2.52. The van der Waals surface area contributed by atoms with Gasteiger partial charge in [-0.3, -0.25) is 43.4 Å². The average molecular weight is 834 g/mol. The molecule has 6 rings (SSSR count). The standard InChI is InChI=1S/C35H35N11O10S2/c1-15(47)39-22(9-10-24(36)49)29(51)40-18-5-8-20-23(11-18)38-12-21(28(20)50)30(52)45(31(53)25(37)16-3-6-19(48)7-4-16)27-32(54)46-26(34(55)56)17(13-57-33(27)46)14-58-35-41-42-43-44(35)2/h3-8,11-12,22,25,27,33,48H,9-10,13-14,37H2,1-2H3,(H2,36,49)(H,38,50)(H,39,47)(H,40,51)(H,55,56)/t22?,25?,27?,33-/m0/s1. The van der Waals surface area contributed by atoms with Gasteiger partial charge in [0.25, 0.3) is 17.7 Å². The molecule has 3 unspecified atom stereocenters. The molecule has 9 N–H and O–H groups in total. The molecule has 23 heteroatoms. The maximum absolute atomic E-state index is 14.5. The number of carbonyl (C=O) groups excluding carboxylic acids is 6. The summed E-state index contributed by atoms with van der Waals surface area (Å²) in [5.74, 6) is -6.36. The van der Waals surface area contributed by atoms with Crippen LogP contribution in [0.25, 0.3) is 10.9 Å². The summed E-state index contributed by atoms with van der Waals surface area (Å²) < 4.78 is 1.40. The number of benzene rings is 2. The van der Waals surface area contributed by atoms with Gasteiger partial charge < -0.3 is 37.3 Å². The first kappa shape index (κ1) is 41.1. The quantitative estimate of drug-likeness (QED) is 0.0625. The van der Waals surface area contributed by atoms with Gasteiger partial charge in [0.1, 0.15) is 40.5 Å². The van der Waals surface area contributed by atoms with Gasteiger partial charge in [0.05, 0.1) is 5.52 Å². The van der Waals surface area contributed by atoms with Crippen molar-refractivity contribution in [1.29, 1.82) is 0 Å². The van der Waals surface area contributed by atoms with E-state index in [0.29, 0.717) is 15.6 Å². The zero-order valence-electron chi connectivity index (χ0n) is 30.6. The summed E-state index contributed by atoms with van der Waals surface area (Å²) in [6, 6.07) is 5.06. The Labute approximate surface area is 335 Å². The minimum Gasteiger partial charge on any atom is -0.508 e. The molecule has 21 nitrogen and oxygen atoms in total. The maximum Gasteiger partial charge on any atom is 0.352 e. The van der Waals surface area contributed by atoms with Gasteiger partial charge in [0.2, 0.25) is 28.3 Å². The second-order valence-electron chi connectivity index (χ2n) is 13.1. The third-order valence-electron chi connectivity index (χ3n) is 9.18. The Morgan fingerprint density at radius 3 is 2.48 bits per heavy atom. The number of carboxylic acid groups (broad SMARTS) is 1. The number of aryl methyl sites for hydroxylation is 1. The number of aromatic hydroxyl groups is 1. The van der Waals surface area contributed by atoms with Gasteiger partial charge in [-0.25, -0.2) is 9.48 Å². The number of primary amides is 1. The van der Waals surface area contributed by atoms with Crippen LogP contribution in [0.2, 0.25) is 0 Å². The predicted molar refractivity (Wildman–Crippen MR) is 207 cm³/mol. The summed E-state index contributed by atoms with van der Waals surface area (Å²) in [5, 5.41) is 35.6. The number of carboxylic acids is 1. The number of aromatic amines is 1. The number of β-lactam (4-membered cyclic amide) rings is 1. The molecule has 0 spiro atoms. The van der Waals surface area contributed by atoms with E-state index in [0.717, 1.165) is 34.6 Å². The highest BCUT2D eigenvalue weighted by atomic mass is 32.2. The van der Waals surface area contributed by atoms with E-state index in [1.807, 2.05) is 0 Å². The Morgan fingerprint density at radius 1 is 1.12 bits per heavy atom. The highest BCUT2D eigenvalue weighted by Gasteiger charge is 2.59. The molecular formula is C35H35N11O10S2. The molecule has 58 heavy (non-hydrogen) atoms. The lowest BCUT2D eigenvalue weighted by Crippen LogP contribution is -2.73. The second-order valence-corrected chi connectivity index (χ2v) is 15.2. The number of nitrogens with two attached hydrogens (primary N) is 2. The summed E-state index contributed by atoms with van der Waals surface area (Å²) in [4.78, 5) is 110. The number of rotatable bonds is 14. The molecule has 2 aromatic heterocycles. The van der Waals surface area contributed by atoms with E-state index in [1.54, 1.807) is 7.05 Å². The number of anilines is 1. The van der Waals surface area contributed by atoms with E-state index in [9.17, 15) is 48.6 Å². The van der Waals surface area contributed by atoms with Gasteiger partial charge in [-0.15, -0.1) is 16.9 Å². The minimum absolute atomic E-state index is 0.0452. The number of aromatic nitrogens is 5. The summed E-state index contributed by atoms with van der Waals surface area (Å²) in [6.07, 6.45) is 0.786. The van der Waals surface area contributed by atoms with Crippen molar-refractivity contribution in [1.82, 2.24) is 40.3 Å². The van der Waals surface area contributed by atoms with Gasteiger partial charge in [0.15, 0.2) is 0 Å². The fourth-order valence-electron chi connectivity index (χ4n) is 6.33. The number of nitrogens with zero attached hydrogens (tertiary/aromatic N) is 6. The first-order valence-electron chi connectivity index (χ1n) is 17.3. The van der Waals surface area contributed by atoms with E-state index in [2.05, 4.69) is 31.1 Å². The summed E-state index contributed by atoms with van der Waals surface area (Å²) in [7, 11) is 1.61. The van der Waals surface area contributed by atoms with Crippen LogP contribution in [0.1, 0.15) is 41.7 Å². The lowest BCUT2D eigenvalue weighted by atomic mass is 9.97. The number of hydrogen-bond acceptors (Lipinski definition) is 15. The first-order chi connectivity index (χ1) is 27.6. The molecule has 1 fully saturated rings. The van der Waals surface area contributed by atoms with E-state index in [-0.39, 0.29) is 57.9 Å². The van der Waals surface area contributed by atoms with Gasteiger partial charge in [-0.1, -0.05) is 23.9 Å². The fourth-order valence-corrected chi connectivity index (χ4v) is 8.71. The Hall–Kier alpha value is -6.59. The smallest absolute Gasteiger partial charge is 0.352 e. The summed E-state index contributed by atoms with van der Waals surface area (Å²) >= 11 is 2.26. The number of hydrogen-bond donors (Lipinski definition) is 7. The van der Waals surface area contributed by atoms with Crippen molar-refractivity contribution in [3.63, 3.8) is 0 Å². The van der Waals surface area contributed by atoms with Gasteiger partial charge >= 0.3 is 5.97 Å². The van der Waals surface area contributed by atoms with Crippen molar-refractivity contribution in [2.75, 3.05) is 16.8 Å². The Bertz CT molecular complexity index is 2450. The maximum atomic E-state index is 14.5. The van der Waals surface area contributed by atoms with Crippen LogP contribution >= 0.6 is 23.5 Å². The van der Waals surface area contributed by atoms with Crippen LogP contribution in [0.15, 0.2) is 69.9 Å². The number of imide groups is 1. The number of tetrazole rings is 1. The Kier molecular flexibility index (Phi) is 11.9. The van der Waals surface area contributed by atoms with Crippen molar-refractivity contribution in [3.05, 3.63) is 81.3 Å². The first-order valence-corrected chi connectivity index (χ1v) is 19.3. The van der Waals surface area contributed by atoms with Gasteiger partial charge in [0, 0.05) is 49.2 Å². The normalized spacial score (nSPS) is 17.2. The number of carbonyl (C=O) groups is 7. The van der Waals surface area contributed by atoms with Crippen LogP contribution in [0.4, 0.5) is 5.69 Å². The molecule has 0 saturated carbocycles. The highest BCUT2D eigenvalue weighted by molar-refractivity contribution is 8.01. The molecule has 0 aliphatic carbocycles. The van der Waals surface area contributed by atoms with Crippen molar-refractivity contribution in [2.45, 2.75) is 48.4 Å². The topological polar surface area (TPSA) is 319 Å². The monoisotopic (exact) mass is 833 g/mol. The molecule has 0 radical (unpaired) electrons. The molecule has 0 bridgehead atoms. The van der Waals surface area contributed by atoms with Gasteiger partial charge in [-0.2, -0.15) is 0 Å². The summed E-state index contributed by atoms with van der Waals surface area (Å²) in [5.41, 5.74) is 10.7. The third-order valence-corrected chi connectivity index (χ3v) is 11.6. The minimum atomic E-state index is -1.57. The number of H-pyrrole nitrogens is 1. The molecule has 4 heterocycles. The highest BCUT2D eigenvalue weighted by Crippen LogP contribution is 2.44. The molecule has 4 aromatic rings. The molecule has 2 aliphatic rings. The fraction of sp³-hybridized carbons (Fsp3) is 0.286. The van der Waals surface area contributed by atoms with Crippen LogP contribution in [-0.4, -0.2) is 116 Å². The van der Waals surface area contributed by atoms with Crippen LogP contribution in [-0.2, 0) is 35.8 Å². The summed E-state index contributed by atoms with van der Waals surface area (Å²) in [6.45, 7) is 1.20. The zero-order valence-corrected chi connectivity index (χ0v) is 32.2. The number of aliphatic carboxylic acids is 1. The van der Waals surface area contributed by atoms with E-state index >= 15 is 0 Å². The number of phenols is 1. The van der Waals surface area contributed by atoms with E-state index in [4.69, 9.17) is 11.5 Å². The Balaban J connectivity index is 1.32. The van der Waals surface area contributed by atoms with E-state index in [1.165, 1.54) is 54.1 Å².